The zero-order chi connectivity index (χ0) is 60.3. The van der Waals surface area contributed by atoms with Gasteiger partial charge in [-0.2, -0.15) is 0 Å². The van der Waals surface area contributed by atoms with E-state index in [1.165, 1.54) is 115 Å². The molecule has 0 amide bonds. The molecule has 0 N–H and O–H groups in total. The second-order valence-corrected chi connectivity index (χ2v) is 26.2. The van der Waals surface area contributed by atoms with Gasteiger partial charge in [0.15, 0.2) is 0 Å². The molecule has 0 saturated heterocycles. The van der Waals surface area contributed by atoms with E-state index < -0.39 is 0 Å². The van der Waals surface area contributed by atoms with Gasteiger partial charge in [-0.25, -0.2) is 0 Å². The van der Waals surface area contributed by atoms with Gasteiger partial charge in [0.25, 0.3) is 0 Å². The summed E-state index contributed by atoms with van der Waals surface area (Å²) in [5, 5.41) is 10.2. The Hall–Kier alpha value is -9.76. The smallest absolute Gasteiger partial charge is 0.0540 e. The van der Waals surface area contributed by atoms with Gasteiger partial charge in [0.2, 0.25) is 0 Å². The van der Waals surface area contributed by atoms with Gasteiger partial charge in [0, 0.05) is 33.5 Å². The zero-order valence-electron chi connectivity index (χ0n) is 52.2. The molecule has 87 heavy (non-hydrogen) atoms. The number of rotatable bonds is 12. The van der Waals surface area contributed by atoms with Crippen molar-refractivity contribution < 1.29 is 0 Å². The van der Waals surface area contributed by atoms with Crippen LogP contribution < -0.4 is 9.80 Å². The molecule has 13 aromatic rings. The van der Waals surface area contributed by atoms with Gasteiger partial charge in [-0.05, 0) is 206 Å². The molecule has 426 valence electrons. The predicted molar refractivity (Wildman–Crippen MR) is 378 cm³/mol. The average molecular weight is 1130 g/mol. The van der Waals surface area contributed by atoms with E-state index in [1.807, 2.05) is 0 Å². The van der Waals surface area contributed by atoms with Gasteiger partial charge in [-0.3, -0.25) is 0 Å². The lowest BCUT2D eigenvalue weighted by atomic mass is 9.76. The van der Waals surface area contributed by atoms with Crippen molar-refractivity contribution in [3.05, 3.63) is 321 Å². The van der Waals surface area contributed by atoms with Gasteiger partial charge >= 0.3 is 0 Å². The van der Waals surface area contributed by atoms with Crippen molar-refractivity contribution >= 4 is 101 Å². The number of anilines is 6. The summed E-state index contributed by atoms with van der Waals surface area (Å²) in [5.74, 6) is 0. The van der Waals surface area contributed by atoms with Crippen molar-refractivity contribution in [3.8, 4) is 0 Å². The molecule has 13 aromatic carbocycles. The Labute approximate surface area is 515 Å². The number of nitrogens with zero attached hydrogens (tertiary/aromatic N) is 2. The summed E-state index contributed by atoms with van der Waals surface area (Å²) < 4.78 is 0. The van der Waals surface area contributed by atoms with Gasteiger partial charge in [-0.1, -0.05) is 257 Å². The molecule has 0 bridgehead atoms. The third-order valence-electron chi connectivity index (χ3n) is 17.6. The predicted octanol–water partition coefficient (Wildman–Crippen LogP) is 24.0. The lowest BCUT2D eigenvalue weighted by molar-refractivity contribution is 0.595. The molecule has 2 nitrogen and oxygen atoms in total. The van der Waals surface area contributed by atoms with E-state index >= 15 is 0 Å². The quantitative estimate of drug-likeness (QED) is 0.0683. The highest BCUT2D eigenvalue weighted by atomic mass is 15.1. The van der Waals surface area contributed by atoms with Gasteiger partial charge in [0.05, 0.1) is 11.4 Å². The summed E-state index contributed by atoms with van der Waals surface area (Å²) in [7, 11) is 0. The molecule has 0 saturated carbocycles. The van der Waals surface area contributed by atoms with E-state index in [9.17, 15) is 0 Å². The molecule has 2 heteroatoms. The van der Waals surface area contributed by atoms with Crippen LogP contribution in [0.2, 0.25) is 0 Å². The fourth-order valence-electron chi connectivity index (χ4n) is 13.0. The molecular weight excluding hydrogens is 1050 g/mol. The Kier molecular flexibility index (Phi) is 14.6. The average Bonchev–Trinajstić information content (AvgIpc) is 0.827. The minimum absolute atomic E-state index is 0.166. The highest BCUT2D eigenvalue weighted by Crippen LogP contribution is 2.53. The van der Waals surface area contributed by atoms with Crippen molar-refractivity contribution in [3.63, 3.8) is 0 Å². The molecular formula is C85H76N2. The third-order valence-corrected chi connectivity index (χ3v) is 17.6. The molecule has 0 aliphatic rings. The van der Waals surface area contributed by atoms with Crippen molar-refractivity contribution in [2.45, 2.75) is 87.0 Å². The van der Waals surface area contributed by atoms with Crippen LogP contribution in [-0.2, 0) is 10.8 Å². The standard InChI is InChI=1S/C85H76N2/c1-55-17-31-63(32-18-55)74(62-15-13-12-14-16-62)53-60-27-41-68(42-28-60)86(66-37-23-58(4)24-38-66)78-51-47-72-80-70(78)45-49-76(84(6,7)8)82(80)73-48-52-79(71-46-50-77(85(9,10)11)83(72)81(71)73)87(67-39-25-59(5)26-40-67)69-43-29-61(30-44-69)54-75(64-33-19-56(2)20-34-64)65-35-21-57(3)22-36-65/h12-54H,1-11H3/b74-53-. The van der Waals surface area contributed by atoms with Crippen LogP contribution in [0.5, 0.6) is 0 Å². The SMILES string of the molecule is Cc1ccc(C(=Cc2ccc(N(c3ccc(C)cc3)c3ccc4c5c(C(C)(C)C)ccc6c(N(c7ccc(C)cc7)c7ccc(/C=C(/c8ccccc8)c8ccc(C)cc8)cc7)ccc(c7c(C(C)(C)C)ccc3c47)c65)cc2)c2ccc(C)cc2)cc1. The van der Waals surface area contributed by atoms with Crippen LogP contribution >= 0.6 is 0 Å². The van der Waals surface area contributed by atoms with Crippen LogP contribution in [0, 0.1) is 34.6 Å². The normalized spacial score (nSPS) is 12.1. The van der Waals surface area contributed by atoms with E-state index in [1.54, 1.807) is 0 Å². The van der Waals surface area contributed by atoms with Crippen molar-refractivity contribution in [1.29, 1.82) is 0 Å². The van der Waals surface area contributed by atoms with Crippen molar-refractivity contribution in [2.75, 3.05) is 9.80 Å². The third kappa shape index (κ3) is 10.9. The topological polar surface area (TPSA) is 6.48 Å². The zero-order valence-corrected chi connectivity index (χ0v) is 52.2. The first-order valence-electron chi connectivity index (χ1n) is 30.8. The molecule has 0 atom stereocenters. The number of hydrogen-bond donors (Lipinski definition) is 0. The van der Waals surface area contributed by atoms with E-state index in [2.05, 4.69) is 347 Å². The fraction of sp³-hybridized carbons (Fsp3) is 0.153. The molecule has 0 fully saturated rings. The molecule has 0 aliphatic heterocycles. The highest BCUT2D eigenvalue weighted by Gasteiger charge is 2.30. The Morgan fingerprint density at radius 3 is 0.851 bits per heavy atom. The van der Waals surface area contributed by atoms with E-state index in [0.717, 1.165) is 45.3 Å². The first-order chi connectivity index (χ1) is 41.9. The molecule has 0 aliphatic carbocycles. The van der Waals surface area contributed by atoms with Crippen LogP contribution in [0.4, 0.5) is 34.1 Å². The summed E-state index contributed by atoms with van der Waals surface area (Å²) in [4.78, 5) is 4.95. The van der Waals surface area contributed by atoms with E-state index in [0.29, 0.717) is 0 Å². The van der Waals surface area contributed by atoms with E-state index in [-0.39, 0.29) is 10.8 Å². The van der Waals surface area contributed by atoms with Gasteiger partial charge < -0.3 is 9.80 Å². The maximum absolute atomic E-state index is 2.48. The second kappa shape index (κ2) is 22.6. The van der Waals surface area contributed by atoms with Crippen LogP contribution in [0.15, 0.2) is 249 Å². The maximum Gasteiger partial charge on any atom is 0.0540 e. The summed E-state index contributed by atoms with van der Waals surface area (Å²) in [5.41, 5.74) is 24.7. The van der Waals surface area contributed by atoms with E-state index in [4.69, 9.17) is 0 Å². The molecule has 13 rings (SSSR count). The molecule has 0 aromatic heterocycles. The fourth-order valence-corrected chi connectivity index (χ4v) is 13.0. The molecule has 0 heterocycles. The molecule has 0 spiro atoms. The number of benzene rings is 13. The summed E-state index contributed by atoms with van der Waals surface area (Å²) >= 11 is 0. The minimum atomic E-state index is -0.166. The number of aryl methyl sites for hydroxylation is 5. The Bertz CT molecular complexity index is 4660. The largest absolute Gasteiger partial charge is 0.310 e. The highest BCUT2D eigenvalue weighted by molar-refractivity contribution is 6.37. The van der Waals surface area contributed by atoms with Crippen LogP contribution in [0.25, 0.3) is 66.4 Å². The van der Waals surface area contributed by atoms with Crippen LogP contribution in [0.3, 0.4) is 0 Å². The van der Waals surface area contributed by atoms with Crippen LogP contribution in [-0.4, -0.2) is 0 Å². The Morgan fingerprint density at radius 2 is 0.540 bits per heavy atom. The Morgan fingerprint density at radius 1 is 0.264 bits per heavy atom. The summed E-state index contributed by atoms with van der Waals surface area (Å²) in [6, 6.07) is 93.2. The summed E-state index contributed by atoms with van der Waals surface area (Å²) in [6.45, 7) is 25.0. The van der Waals surface area contributed by atoms with Gasteiger partial charge in [-0.15, -0.1) is 0 Å². The number of fused-ring (bicyclic) bond motifs is 2. The van der Waals surface area contributed by atoms with Crippen molar-refractivity contribution in [2.24, 2.45) is 0 Å². The summed E-state index contributed by atoms with van der Waals surface area (Å²) in [6.07, 6.45) is 4.67. The number of hydrogen-bond acceptors (Lipinski definition) is 2. The van der Waals surface area contributed by atoms with Gasteiger partial charge in [0.1, 0.15) is 0 Å². The van der Waals surface area contributed by atoms with Crippen molar-refractivity contribution in [1.82, 2.24) is 0 Å². The molecule has 0 radical (unpaired) electrons. The lowest BCUT2D eigenvalue weighted by Crippen LogP contribution is -2.15. The van der Waals surface area contributed by atoms with Crippen LogP contribution in [0.1, 0.15) is 114 Å². The maximum atomic E-state index is 2.48. The second-order valence-electron chi connectivity index (χ2n) is 26.2. The Balaban J connectivity index is 1.01. The molecule has 0 unspecified atom stereocenters. The minimum Gasteiger partial charge on any atom is -0.310 e. The lowest BCUT2D eigenvalue weighted by Gasteiger charge is -2.32. The first kappa shape index (κ1) is 56.4. The monoisotopic (exact) mass is 1120 g/mol. The first-order valence-corrected chi connectivity index (χ1v) is 30.8.